The van der Waals surface area contributed by atoms with Crippen LogP contribution in [0.3, 0.4) is 0 Å². The average molecular weight is 460 g/mol. The molecule has 1 atom stereocenters. The molecule has 0 aliphatic heterocycles. The van der Waals surface area contributed by atoms with E-state index in [1.807, 2.05) is 83.4 Å². The molecule has 0 bridgehead atoms. The summed E-state index contributed by atoms with van der Waals surface area (Å²) in [5.41, 5.74) is 4.03. The van der Waals surface area contributed by atoms with Crippen molar-refractivity contribution < 1.29 is 9.13 Å². The summed E-state index contributed by atoms with van der Waals surface area (Å²) in [7, 11) is 4.07. The zero-order chi connectivity index (χ0) is 24.6. The van der Waals surface area contributed by atoms with E-state index in [1.165, 1.54) is 0 Å². The number of alkyl halides is 1. The molecule has 0 saturated carbocycles. The molecule has 180 valence electrons. The van der Waals surface area contributed by atoms with Gasteiger partial charge in [0.2, 0.25) is 0 Å². The highest BCUT2D eigenvalue weighted by Gasteiger charge is 2.37. The number of allylic oxidation sites excluding steroid dienone is 1. The van der Waals surface area contributed by atoms with Gasteiger partial charge in [-0.15, -0.1) is 0 Å². The number of nitrogens with zero attached hydrogens (tertiary/aromatic N) is 1. The number of rotatable bonds is 11. The highest BCUT2D eigenvalue weighted by atomic mass is 19.1. The van der Waals surface area contributed by atoms with Crippen LogP contribution in [0.25, 0.3) is 11.1 Å². The van der Waals surface area contributed by atoms with E-state index in [1.54, 1.807) is 0 Å². The monoisotopic (exact) mass is 459 g/mol. The van der Waals surface area contributed by atoms with Gasteiger partial charge >= 0.3 is 0 Å². The quantitative estimate of drug-likeness (QED) is 0.272. The summed E-state index contributed by atoms with van der Waals surface area (Å²) in [5, 5.41) is 0. The minimum atomic E-state index is -1.29. The molecule has 3 rings (SSSR count). The zero-order valence-electron chi connectivity index (χ0n) is 21.2. The van der Waals surface area contributed by atoms with Crippen molar-refractivity contribution in [3.8, 4) is 5.75 Å². The van der Waals surface area contributed by atoms with Crippen molar-refractivity contribution >= 4 is 11.1 Å². The molecule has 0 saturated heterocycles. The molecule has 0 spiro atoms. The van der Waals surface area contributed by atoms with Crippen LogP contribution in [0.5, 0.6) is 5.75 Å². The van der Waals surface area contributed by atoms with Gasteiger partial charge in [-0.05, 0) is 66.9 Å². The van der Waals surface area contributed by atoms with Crippen molar-refractivity contribution in [1.29, 1.82) is 0 Å². The molecule has 3 aromatic rings. The van der Waals surface area contributed by atoms with Gasteiger partial charge in [0.25, 0.3) is 0 Å². The molecule has 0 radical (unpaired) electrons. The third kappa shape index (κ3) is 6.15. The first kappa shape index (κ1) is 25.7. The summed E-state index contributed by atoms with van der Waals surface area (Å²) in [6.45, 7) is 7.43. The second kappa shape index (κ2) is 12.0. The number of benzene rings is 3. The van der Waals surface area contributed by atoms with E-state index in [4.69, 9.17) is 4.74 Å². The van der Waals surface area contributed by atoms with E-state index in [0.717, 1.165) is 40.1 Å². The number of ether oxygens (including phenoxy) is 1. The Kier molecular flexibility index (Phi) is 9.06. The average Bonchev–Trinajstić information content (AvgIpc) is 2.87. The van der Waals surface area contributed by atoms with Gasteiger partial charge in [0, 0.05) is 12.5 Å². The predicted octanol–water partition coefficient (Wildman–Crippen LogP) is 7.75. The van der Waals surface area contributed by atoms with Crippen LogP contribution in [0.1, 0.15) is 50.3 Å². The first-order chi connectivity index (χ1) is 16.4. The van der Waals surface area contributed by atoms with Crippen LogP contribution in [0.4, 0.5) is 4.39 Å². The largest absolute Gasteiger partial charge is 0.492 e. The van der Waals surface area contributed by atoms with Crippen molar-refractivity contribution in [2.24, 2.45) is 5.92 Å². The lowest BCUT2D eigenvalue weighted by Crippen LogP contribution is -2.31. The molecule has 3 heteroatoms. The Labute approximate surface area is 205 Å². The highest BCUT2D eigenvalue weighted by Crippen LogP contribution is 2.44. The second-order valence-electron chi connectivity index (χ2n) is 9.16. The Morgan fingerprint density at radius 2 is 1.29 bits per heavy atom. The fraction of sp³-hybridized carbons (Fsp3) is 0.355. The summed E-state index contributed by atoms with van der Waals surface area (Å²) in [5.74, 6) is 0.561. The lowest BCUT2D eigenvalue weighted by atomic mass is 9.74. The van der Waals surface area contributed by atoms with Crippen molar-refractivity contribution in [2.75, 3.05) is 27.2 Å². The normalized spacial score (nSPS) is 13.5. The Morgan fingerprint density at radius 1 is 0.794 bits per heavy atom. The van der Waals surface area contributed by atoms with E-state index >= 15 is 4.39 Å². The first-order valence-electron chi connectivity index (χ1n) is 12.3. The molecule has 2 nitrogen and oxygen atoms in total. The molecule has 0 fully saturated rings. The maximum absolute atomic E-state index is 16.2. The minimum Gasteiger partial charge on any atom is -0.492 e. The topological polar surface area (TPSA) is 12.5 Å². The van der Waals surface area contributed by atoms with Crippen molar-refractivity contribution in [3.05, 3.63) is 102 Å². The van der Waals surface area contributed by atoms with E-state index in [0.29, 0.717) is 19.4 Å². The van der Waals surface area contributed by atoms with Gasteiger partial charge in [-0.3, -0.25) is 0 Å². The fourth-order valence-corrected chi connectivity index (χ4v) is 4.50. The summed E-state index contributed by atoms with van der Waals surface area (Å²) in [6.07, 6.45) is 0.948. The SMILES string of the molecule is CCC(F)(CC)C(C)/C(=C(\c1ccccc1)c1ccc(OCCN(C)C)cc1)c1ccccc1. The summed E-state index contributed by atoms with van der Waals surface area (Å²) >= 11 is 0. The van der Waals surface area contributed by atoms with Crippen molar-refractivity contribution in [3.63, 3.8) is 0 Å². The van der Waals surface area contributed by atoms with Crippen LogP contribution in [-0.4, -0.2) is 37.8 Å². The zero-order valence-corrected chi connectivity index (χ0v) is 21.2. The van der Waals surface area contributed by atoms with Crippen LogP contribution in [0, 0.1) is 5.92 Å². The Hall–Kier alpha value is -2.91. The van der Waals surface area contributed by atoms with Crippen LogP contribution >= 0.6 is 0 Å². The fourth-order valence-electron chi connectivity index (χ4n) is 4.50. The van der Waals surface area contributed by atoms with Gasteiger partial charge in [0.05, 0.1) is 0 Å². The molecule has 3 aromatic carbocycles. The molecule has 0 N–H and O–H groups in total. The number of hydrogen-bond acceptors (Lipinski definition) is 2. The van der Waals surface area contributed by atoms with E-state index in [9.17, 15) is 0 Å². The van der Waals surface area contributed by atoms with Crippen LogP contribution < -0.4 is 4.74 Å². The number of halogens is 1. The van der Waals surface area contributed by atoms with Gasteiger partial charge in [-0.1, -0.05) is 93.6 Å². The lowest BCUT2D eigenvalue weighted by molar-refractivity contribution is 0.110. The lowest BCUT2D eigenvalue weighted by Gasteiger charge is -2.34. The third-order valence-corrected chi connectivity index (χ3v) is 6.75. The van der Waals surface area contributed by atoms with Crippen LogP contribution in [-0.2, 0) is 0 Å². The van der Waals surface area contributed by atoms with Crippen molar-refractivity contribution in [1.82, 2.24) is 4.90 Å². The maximum Gasteiger partial charge on any atom is 0.119 e. The summed E-state index contributed by atoms with van der Waals surface area (Å²) in [6, 6.07) is 28.8. The summed E-state index contributed by atoms with van der Waals surface area (Å²) < 4.78 is 22.1. The highest BCUT2D eigenvalue weighted by molar-refractivity contribution is 5.99. The summed E-state index contributed by atoms with van der Waals surface area (Å²) in [4.78, 5) is 2.10. The van der Waals surface area contributed by atoms with Crippen LogP contribution in [0.15, 0.2) is 84.9 Å². The second-order valence-corrected chi connectivity index (χ2v) is 9.16. The molecule has 0 heterocycles. The standard InChI is InChI=1S/C31H38FNO/c1-6-31(32,7-2)24(3)29(25-14-10-8-11-15-25)30(26-16-12-9-13-17-26)27-18-20-28(21-19-27)34-23-22-33(4)5/h8-21,24H,6-7,22-23H2,1-5H3/b30-29-. The molecule has 1 unspecified atom stereocenters. The number of hydrogen-bond donors (Lipinski definition) is 0. The molecule has 0 aliphatic carbocycles. The Balaban J connectivity index is 2.19. The molecule has 34 heavy (non-hydrogen) atoms. The van der Waals surface area contributed by atoms with Gasteiger partial charge in [0.15, 0.2) is 0 Å². The van der Waals surface area contributed by atoms with Crippen molar-refractivity contribution in [2.45, 2.75) is 39.3 Å². The molecule has 0 aliphatic rings. The Bertz CT molecular complexity index is 1040. The van der Waals surface area contributed by atoms with Gasteiger partial charge in [-0.25, -0.2) is 4.39 Å². The van der Waals surface area contributed by atoms with E-state index < -0.39 is 5.67 Å². The molecular weight excluding hydrogens is 421 g/mol. The number of likely N-dealkylation sites (N-methyl/N-ethyl adjacent to an activating group) is 1. The van der Waals surface area contributed by atoms with Crippen LogP contribution in [0.2, 0.25) is 0 Å². The molecular formula is C31H38FNO. The molecule has 0 aromatic heterocycles. The minimum absolute atomic E-state index is 0.281. The Morgan fingerprint density at radius 3 is 1.79 bits per heavy atom. The van der Waals surface area contributed by atoms with Gasteiger partial charge in [0.1, 0.15) is 18.0 Å². The molecule has 0 amide bonds. The smallest absolute Gasteiger partial charge is 0.119 e. The maximum atomic E-state index is 16.2. The van der Waals surface area contributed by atoms with E-state index in [-0.39, 0.29) is 5.92 Å². The first-order valence-corrected chi connectivity index (χ1v) is 12.3. The third-order valence-electron chi connectivity index (χ3n) is 6.75. The van der Waals surface area contributed by atoms with Gasteiger partial charge < -0.3 is 9.64 Å². The van der Waals surface area contributed by atoms with E-state index in [2.05, 4.69) is 41.3 Å². The van der Waals surface area contributed by atoms with Gasteiger partial charge in [-0.2, -0.15) is 0 Å². The predicted molar refractivity (Wildman–Crippen MR) is 143 cm³/mol.